The first-order valence-electron chi connectivity index (χ1n) is 5.85. The van der Waals surface area contributed by atoms with Crippen LogP contribution in [0.5, 0.6) is 5.75 Å². The minimum Gasteiger partial charge on any atom is -0.506 e. The molecular formula is C14H8Br4N2O2. The number of phenolic OH excluding ortho intramolecular Hbond substituents is 1. The van der Waals surface area contributed by atoms with Crippen LogP contribution in [0, 0.1) is 0 Å². The summed E-state index contributed by atoms with van der Waals surface area (Å²) in [6.07, 6.45) is 1.37. The number of amides is 1. The van der Waals surface area contributed by atoms with E-state index in [4.69, 9.17) is 0 Å². The first-order chi connectivity index (χ1) is 10.4. The van der Waals surface area contributed by atoms with Crippen LogP contribution in [-0.2, 0) is 0 Å². The fraction of sp³-hybridized carbons (Fsp3) is 0. The zero-order valence-electron chi connectivity index (χ0n) is 10.8. The lowest BCUT2D eigenvalue weighted by atomic mass is 10.2. The Morgan fingerprint density at radius 2 is 1.77 bits per heavy atom. The molecule has 0 heterocycles. The zero-order valence-corrected chi connectivity index (χ0v) is 17.1. The summed E-state index contributed by atoms with van der Waals surface area (Å²) in [5, 5.41) is 13.7. The van der Waals surface area contributed by atoms with Crippen molar-refractivity contribution in [1.82, 2.24) is 5.43 Å². The molecule has 22 heavy (non-hydrogen) atoms. The number of carbonyl (C=O) groups is 1. The molecule has 2 aromatic rings. The molecule has 0 atom stereocenters. The molecule has 0 aliphatic heterocycles. The predicted octanol–water partition coefficient (Wildman–Crippen LogP) is 5.21. The maximum Gasteiger partial charge on any atom is 0.271 e. The Labute approximate surface area is 160 Å². The van der Waals surface area contributed by atoms with Gasteiger partial charge in [-0.1, -0.05) is 15.9 Å². The minimum atomic E-state index is -0.349. The lowest BCUT2D eigenvalue weighted by Crippen LogP contribution is -2.17. The van der Waals surface area contributed by atoms with Gasteiger partial charge in [-0.15, -0.1) is 0 Å². The van der Waals surface area contributed by atoms with Crippen molar-refractivity contribution in [3.8, 4) is 5.75 Å². The van der Waals surface area contributed by atoms with Gasteiger partial charge in [0, 0.05) is 24.5 Å². The van der Waals surface area contributed by atoms with Crippen molar-refractivity contribution in [1.29, 1.82) is 0 Å². The Balaban J connectivity index is 2.12. The van der Waals surface area contributed by atoms with E-state index in [0.29, 0.717) is 15.6 Å². The lowest BCUT2D eigenvalue weighted by Gasteiger charge is -2.04. The third-order valence-corrected chi connectivity index (χ3v) is 5.55. The van der Waals surface area contributed by atoms with Crippen LogP contribution in [0.2, 0.25) is 0 Å². The number of hydrogen-bond acceptors (Lipinski definition) is 3. The van der Waals surface area contributed by atoms with Gasteiger partial charge in [-0.25, -0.2) is 5.43 Å². The molecule has 1 amide bonds. The molecule has 0 aliphatic carbocycles. The largest absolute Gasteiger partial charge is 0.506 e. The van der Waals surface area contributed by atoms with E-state index in [9.17, 15) is 9.90 Å². The van der Waals surface area contributed by atoms with Gasteiger partial charge in [0.2, 0.25) is 0 Å². The molecule has 8 heteroatoms. The van der Waals surface area contributed by atoms with E-state index in [0.717, 1.165) is 13.4 Å². The molecule has 0 saturated carbocycles. The fourth-order valence-corrected chi connectivity index (χ4v) is 3.43. The summed E-state index contributed by atoms with van der Waals surface area (Å²) in [5.41, 5.74) is 3.35. The zero-order chi connectivity index (χ0) is 16.3. The van der Waals surface area contributed by atoms with Crippen LogP contribution in [0.25, 0.3) is 0 Å². The van der Waals surface area contributed by atoms with Gasteiger partial charge in [0.25, 0.3) is 5.91 Å². The highest BCUT2D eigenvalue weighted by atomic mass is 79.9. The van der Waals surface area contributed by atoms with Gasteiger partial charge < -0.3 is 5.11 Å². The van der Waals surface area contributed by atoms with Gasteiger partial charge in [-0.05, 0) is 78.1 Å². The highest BCUT2D eigenvalue weighted by molar-refractivity contribution is 9.13. The molecule has 4 nitrogen and oxygen atoms in total. The van der Waals surface area contributed by atoms with Gasteiger partial charge in [0.05, 0.1) is 10.7 Å². The van der Waals surface area contributed by atoms with E-state index in [1.165, 1.54) is 6.21 Å². The maximum absolute atomic E-state index is 12.0. The Morgan fingerprint density at radius 1 is 1.05 bits per heavy atom. The average molecular weight is 556 g/mol. The molecule has 0 saturated heterocycles. The number of aromatic hydroxyl groups is 1. The highest BCUT2D eigenvalue weighted by Gasteiger charge is 2.08. The van der Waals surface area contributed by atoms with E-state index in [1.807, 2.05) is 0 Å². The normalized spacial score (nSPS) is 10.9. The smallest absolute Gasteiger partial charge is 0.271 e. The van der Waals surface area contributed by atoms with E-state index >= 15 is 0 Å². The second-order valence-corrected chi connectivity index (χ2v) is 7.63. The Hall–Kier alpha value is -0.700. The number of benzene rings is 2. The number of hydrazone groups is 1. The monoisotopic (exact) mass is 552 g/mol. The molecule has 0 unspecified atom stereocenters. The molecule has 0 radical (unpaired) electrons. The minimum absolute atomic E-state index is 0.0487. The molecule has 0 aliphatic rings. The van der Waals surface area contributed by atoms with Crippen molar-refractivity contribution >= 4 is 75.8 Å². The van der Waals surface area contributed by atoms with Crippen LogP contribution in [0.15, 0.2) is 53.3 Å². The Kier molecular flexibility index (Phi) is 6.19. The molecule has 0 aromatic heterocycles. The van der Waals surface area contributed by atoms with Gasteiger partial charge in [0.15, 0.2) is 0 Å². The number of nitrogens with zero attached hydrogens (tertiary/aromatic N) is 1. The molecule has 2 rings (SSSR count). The number of rotatable bonds is 3. The Morgan fingerprint density at radius 3 is 2.45 bits per heavy atom. The molecule has 0 fully saturated rings. The topological polar surface area (TPSA) is 61.7 Å². The number of phenols is 1. The van der Waals surface area contributed by atoms with Gasteiger partial charge >= 0.3 is 0 Å². The summed E-state index contributed by atoms with van der Waals surface area (Å²) in [5.74, 6) is -0.300. The molecule has 114 valence electrons. The molecule has 0 spiro atoms. The highest BCUT2D eigenvalue weighted by Crippen LogP contribution is 2.30. The third kappa shape index (κ3) is 4.41. The maximum atomic E-state index is 12.0. The summed E-state index contributed by atoms with van der Waals surface area (Å²) in [4.78, 5) is 12.0. The lowest BCUT2D eigenvalue weighted by molar-refractivity contribution is 0.0955. The summed E-state index contributed by atoms with van der Waals surface area (Å²) in [6, 6.07) is 8.52. The van der Waals surface area contributed by atoms with Crippen LogP contribution in [0.1, 0.15) is 15.9 Å². The van der Waals surface area contributed by atoms with Crippen molar-refractivity contribution in [2.24, 2.45) is 5.10 Å². The van der Waals surface area contributed by atoms with Crippen LogP contribution < -0.4 is 5.43 Å². The standard InChI is InChI=1S/C14H8Br4N2O2/c15-9-3-8(13(21)12(18)5-9)6-19-20-14(22)7-1-2-10(16)11(17)4-7/h1-6,21H,(H,20,22)/b19-6+. The van der Waals surface area contributed by atoms with Crippen molar-refractivity contribution in [2.45, 2.75) is 0 Å². The van der Waals surface area contributed by atoms with E-state index in [-0.39, 0.29) is 11.7 Å². The van der Waals surface area contributed by atoms with Crippen LogP contribution in [-0.4, -0.2) is 17.2 Å². The van der Waals surface area contributed by atoms with Gasteiger partial charge in [0.1, 0.15) is 5.75 Å². The number of nitrogens with one attached hydrogen (secondary N) is 1. The second-order valence-electron chi connectivity index (χ2n) is 4.15. The van der Waals surface area contributed by atoms with Crippen molar-refractivity contribution in [3.05, 3.63) is 59.3 Å². The SMILES string of the molecule is O=C(N/N=C/c1cc(Br)cc(Br)c1O)c1ccc(Br)c(Br)c1. The molecule has 2 N–H and O–H groups in total. The molecular weight excluding hydrogens is 548 g/mol. The fourth-order valence-electron chi connectivity index (χ4n) is 1.55. The van der Waals surface area contributed by atoms with E-state index in [2.05, 4.69) is 74.2 Å². The number of carbonyl (C=O) groups excluding carboxylic acids is 1. The average Bonchev–Trinajstić information content (AvgIpc) is 2.46. The first kappa shape index (κ1) is 17.7. The summed E-state index contributed by atoms with van der Waals surface area (Å²) in [7, 11) is 0. The number of halogens is 4. The third-order valence-electron chi connectivity index (χ3n) is 2.61. The van der Waals surface area contributed by atoms with Crippen LogP contribution in [0.4, 0.5) is 0 Å². The summed E-state index contributed by atoms with van der Waals surface area (Å²) < 4.78 is 2.95. The summed E-state index contributed by atoms with van der Waals surface area (Å²) in [6.45, 7) is 0. The van der Waals surface area contributed by atoms with Crippen molar-refractivity contribution in [2.75, 3.05) is 0 Å². The predicted molar refractivity (Wildman–Crippen MR) is 100 cm³/mol. The van der Waals surface area contributed by atoms with Crippen LogP contribution in [0.3, 0.4) is 0 Å². The second kappa shape index (κ2) is 7.72. The van der Waals surface area contributed by atoms with Crippen LogP contribution >= 0.6 is 63.7 Å². The molecule has 0 bridgehead atoms. The quantitative estimate of drug-likeness (QED) is 0.404. The van der Waals surface area contributed by atoms with Gasteiger partial charge in [-0.2, -0.15) is 5.10 Å². The van der Waals surface area contributed by atoms with Crippen molar-refractivity contribution < 1.29 is 9.90 Å². The number of hydrogen-bond donors (Lipinski definition) is 2. The van der Waals surface area contributed by atoms with E-state index < -0.39 is 0 Å². The Bertz CT molecular complexity index is 763. The first-order valence-corrected chi connectivity index (χ1v) is 9.02. The molecule has 2 aromatic carbocycles. The summed E-state index contributed by atoms with van der Waals surface area (Å²) >= 11 is 13.2. The van der Waals surface area contributed by atoms with Gasteiger partial charge in [-0.3, -0.25) is 4.79 Å². The van der Waals surface area contributed by atoms with E-state index in [1.54, 1.807) is 30.3 Å². The van der Waals surface area contributed by atoms with Crippen molar-refractivity contribution in [3.63, 3.8) is 0 Å².